The number of hydrogen-bond acceptors (Lipinski definition) is 7. The van der Waals surface area contributed by atoms with Gasteiger partial charge in [-0.1, -0.05) is 67.3 Å². The number of nitrogens with one attached hydrogen (secondary N) is 1. The molecular formula is C22H26N4O3S3. The molecule has 1 amide bonds. The van der Waals surface area contributed by atoms with Crippen LogP contribution in [0.2, 0.25) is 0 Å². The molecule has 3 rings (SSSR count). The zero-order chi connectivity index (χ0) is 23.3. The molecule has 0 fully saturated rings. The summed E-state index contributed by atoms with van der Waals surface area (Å²) >= 11 is 2.86. The average molecular weight is 491 g/mol. The third-order valence-electron chi connectivity index (χ3n) is 4.66. The molecule has 10 heteroatoms. The molecule has 0 aliphatic heterocycles. The van der Waals surface area contributed by atoms with Crippen molar-refractivity contribution in [2.75, 3.05) is 21.9 Å². The average Bonchev–Trinajstić information content (AvgIpc) is 3.20. The number of sulfonamides is 1. The summed E-state index contributed by atoms with van der Waals surface area (Å²) in [5, 5.41) is 11.1. The predicted molar refractivity (Wildman–Crippen MR) is 131 cm³/mol. The van der Waals surface area contributed by atoms with E-state index in [1.807, 2.05) is 19.9 Å². The van der Waals surface area contributed by atoms with Gasteiger partial charge in [-0.25, -0.2) is 8.42 Å². The second-order valence-electron chi connectivity index (χ2n) is 7.67. The fraction of sp³-hybridized carbons (Fsp3) is 0.318. The van der Waals surface area contributed by atoms with Crippen LogP contribution in [0.25, 0.3) is 0 Å². The first-order valence-electron chi connectivity index (χ1n) is 10.1. The van der Waals surface area contributed by atoms with Crippen LogP contribution in [-0.4, -0.2) is 36.8 Å². The molecule has 7 nitrogen and oxygen atoms in total. The van der Waals surface area contributed by atoms with Gasteiger partial charge in [0.1, 0.15) is 6.54 Å². The first kappa shape index (κ1) is 24.2. The molecule has 1 heterocycles. The number of anilines is 2. The van der Waals surface area contributed by atoms with Crippen LogP contribution in [0.4, 0.5) is 10.8 Å². The second-order valence-corrected chi connectivity index (χ2v) is 11.8. The van der Waals surface area contributed by atoms with Gasteiger partial charge in [-0.2, -0.15) is 0 Å². The molecule has 0 atom stereocenters. The normalized spacial score (nSPS) is 11.5. The highest BCUT2D eigenvalue weighted by Gasteiger charge is 2.28. The summed E-state index contributed by atoms with van der Waals surface area (Å²) in [6, 6.07) is 13.5. The Balaban J connectivity index is 1.86. The first-order valence-corrected chi connectivity index (χ1v) is 13.3. The van der Waals surface area contributed by atoms with Gasteiger partial charge in [0.25, 0.3) is 10.0 Å². The Bertz CT molecular complexity index is 1180. The summed E-state index contributed by atoms with van der Waals surface area (Å²) < 4.78 is 28.8. The maximum atomic E-state index is 13.5. The monoisotopic (exact) mass is 490 g/mol. The maximum Gasteiger partial charge on any atom is 0.264 e. The fourth-order valence-electron chi connectivity index (χ4n) is 2.87. The number of nitrogens with zero attached hydrogens (tertiary/aromatic N) is 3. The Morgan fingerprint density at radius 1 is 1.09 bits per heavy atom. The second kappa shape index (κ2) is 10.5. The number of aryl methyl sites for hydroxylation is 1. The minimum atomic E-state index is -3.96. The Hall–Kier alpha value is -2.43. The largest absolute Gasteiger partial charge is 0.299 e. The van der Waals surface area contributed by atoms with E-state index in [0.717, 1.165) is 25.5 Å². The summed E-state index contributed by atoms with van der Waals surface area (Å²) in [6.45, 7) is 7.61. The smallest absolute Gasteiger partial charge is 0.264 e. The van der Waals surface area contributed by atoms with Crippen LogP contribution in [0.5, 0.6) is 0 Å². The number of benzene rings is 2. The molecule has 0 spiro atoms. The van der Waals surface area contributed by atoms with E-state index in [1.54, 1.807) is 42.1 Å². The summed E-state index contributed by atoms with van der Waals surface area (Å²) in [4.78, 5) is 13.0. The predicted octanol–water partition coefficient (Wildman–Crippen LogP) is 4.74. The van der Waals surface area contributed by atoms with Crippen molar-refractivity contribution in [3.05, 3.63) is 59.7 Å². The van der Waals surface area contributed by atoms with Crippen molar-refractivity contribution in [2.45, 2.75) is 36.9 Å². The highest BCUT2D eigenvalue weighted by molar-refractivity contribution is 8.01. The Morgan fingerprint density at radius 2 is 1.81 bits per heavy atom. The van der Waals surface area contributed by atoms with E-state index in [-0.39, 0.29) is 11.4 Å². The van der Waals surface area contributed by atoms with Crippen LogP contribution in [-0.2, 0) is 14.8 Å². The number of carbonyl (C=O) groups excluding carboxylic acids is 1. The van der Waals surface area contributed by atoms with E-state index in [4.69, 9.17) is 0 Å². The molecule has 0 radical (unpaired) electrons. The molecule has 1 N–H and O–H groups in total. The zero-order valence-electron chi connectivity index (χ0n) is 18.4. The highest BCUT2D eigenvalue weighted by Crippen LogP contribution is 2.30. The number of aromatic nitrogens is 2. The molecular weight excluding hydrogens is 464 g/mol. The molecule has 0 bridgehead atoms. The minimum Gasteiger partial charge on any atom is -0.299 e. The van der Waals surface area contributed by atoms with Crippen LogP contribution >= 0.6 is 23.1 Å². The number of hydrogen-bond donors (Lipinski definition) is 1. The van der Waals surface area contributed by atoms with Crippen molar-refractivity contribution in [3.8, 4) is 0 Å². The van der Waals surface area contributed by atoms with Crippen molar-refractivity contribution in [1.29, 1.82) is 0 Å². The molecule has 0 aliphatic rings. The lowest BCUT2D eigenvalue weighted by Gasteiger charge is -2.26. The van der Waals surface area contributed by atoms with Crippen LogP contribution in [0, 0.1) is 19.8 Å². The van der Waals surface area contributed by atoms with Crippen molar-refractivity contribution in [2.24, 2.45) is 5.92 Å². The summed E-state index contributed by atoms with van der Waals surface area (Å²) in [7, 11) is -3.96. The van der Waals surface area contributed by atoms with Gasteiger partial charge in [0.2, 0.25) is 11.0 Å². The molecule has 0 unspecified atom stereocenters. The van der Waals surface area contributed by atoms with E-state index < -0.39 is 15.9 Å². The maximum absolute atomic E-state index is 13.5. The number of thioether (sulfide) groups is 1. The van der Waals surface area contributed by atoms with Crippen LogP contribution in [0.3, 0.4) is 0 Å². The Labute approximate surface area is 197 Å². The van der Waals surface area contributed by atoms with Crippen molar-refractivity contribution in [1.82, 2.24) is 10.2 Å². The number of carbonyl (C=O) groups is 1. The van der Waals surface area contributed by atoms with E-state index in [0.29, 0.717) is 16.7 Å². The standard InChI is InChI=1S/C22H26N4O3S3/c1-15(2)14-30-22-25-24-21(31-22)23-20(27)13-26(19-12-8-9-16(3)17(19)4)32(28,29)18-10-6-5-7-11-18/h5-12,15H,13-14H2,1-4H3,(H,23,24,27). The van der Waals surface area contributed by atoms with Gasteiger partial charge in [0.15, 0.2) is 4.34 Å². The quantitative estimate of drug-likeness (QED) is 0.344. The highest BCUT2D eigenvalue weighted by atomic mass is 32.2. The third-order valence-corrected chi connectivity index (χ3v) is 8.83. The van der Waals surface area contributed by atoms with Crippen molar-refractivity contribution in [3.63, 3.8) is 0 Å². The van der Waals surface area contributed by atoms with Crippen molar-refractivity contribution >= 4 is 49.8 Å². The first-order chi connectivity index (χ1) is 15.2. The molecule has 0 aliphatic carbocycles. The SMILES string of the molecule is Cc1cccc(N(CC(=O)Nc2nnc(SCC(C)C)s2)S(=O)(=O)c2ccccc2)c1C. The van der Waals surface area contributed by atoms with E-state index in [2.05, 4.69) is 29.4 Å². The van der Waals surface area contributed by atoms with Crippen LogP contribution < -0.4 is 9.62 Å². The number of amides is 1. The minimum absolute atomic E-state index is 0.122. The summed E-state index contributed by atoms with van der Waals surface area (Å²) in [5.74, 6) is 0.927. The lowest BCUT2D eigenvalue weighted by Crippen LogP contribution is -2.38. The van der Waals surface area contributed by atoms with Gasteiger partial charge >= 0.3 is 0 Å². The van der Waals surface area contributed by atoms with Gasteiger partial charge < -0.3 is 0 Å². The van der Waals surface area contributed by atoms with E-state index in [1.165, 1.54) is 23.5 Å². The van der Waals surface area contributed by atoms with Gasteiger partial charge in [-0.15, -0.1) is 10.2 Å². The molecule has 2 aromatic carbocycles. The van der Waals surface area contributed by atoms with Gasteiger partial charge in [-0.3, -0.25) is 14.4 Å². The summed E-state index contributed by atoms with van der Waals surface area (Å²) in [6.07, 6.45) is 0. The van der Waals surface area contributed by atoms with Crippen LogP contribution in [0.15, 0.2) is 57.8 Å². The Kier molecular flexibility index (Phi) is 7.91. The molecule has 0 saturated heterocycles. The third kappa shape index (κ3) is 5.87. The lowest BCUT2D eigenvalue weighted by atomic mass is 10.1. The van der Waals surface area contributed by atoms with Crippen LogP contribution in [0.1, 0.15) is 25.0 Å². The van der Waals surface area contributed by atoms with Gasteiger partial charge in [-0.05, 0) is 49.1 Å². The summed E-state index contributed by atoms with van der Waals surface area (Å²) in [5.41, 5.74) is 2.20. The number of rotatable bonds is 9. The topological polar surface area (TPSA) is 92.3 Å². The van der Waals surface area contributed by atoms with E-state index >= 15 is 0 Å². The Morgan fingerprint density at radius 3 is 2.50 bits per heavy atom. The lowest BCUT2D eigenvalue weighted by molar-refractivity contribution is -0.114. The van der Waals surface area contributed by atoms with E-state index in [9.17, 15) is 13.2 Å². The molecule has 0 saturated carbocycles. The van der Waals surface area contributed by atoms with Gasteiger partial charge in [0, 0.05) is 5.75 Å². The molecule has 3 aromatic rings. The molecule has 170 valence electrons. The fourth-order valence-corrected chi connectivity index (χ4v) is 6.12. The van der Waals surface area contributed by atoms with Crippen molar-refractivity contribution < 1.29 is 13.2 Å². The zero-order valence-corrected chi connectivity index (χ0v) is 20.9. The van der Waals surface area contributed by atoms with Gasteiger partial charge in [0.05, 0.1) is 10.6 Å². The molecule has 32 heavy (non-hydrogen) atoms. The molecule has 1 aromatic heterocycles.